The minimum atomic E-state index is -3.24. The van der Waals surface area contributed by atoms with Crippen LogP contribution in [-0.2, 0) is 22.7 Å². The highest BCUT2D eigenvalue weighted by Gasteiger charge is 2.31. The van der Waals surface area contributed by atoms with Crippen LogP contribution in [0.3, 0.4) is 0 Å². The number of sulfone groups is 1. The molecule has 0 N–H and O–H groups in total. The molecule has 1 saturated carbocycles. The normalized spacial score (nSPS) is 23.7. The van der Waals surface area contributed by atoms with Gasteiger partial charge in [-0.25, -0.2) is 8.42 Å². The van der Waals surface area contributed by atoms with Crippen molar-refractivity contribution in [1.82, 2.24) is 0 Å². The Bertz CT molecular complexity index is 814. The van der Waals surface area contributed by atoms with Gasteiger partial charge in [0.15, 0.2) is 9.84 Å². The fourth-order valence-electron chi connectivity index (χ4n) is 3.85. The number of benzene rings is 1. The van der Waals surface area contributed by atoms with Crippen molar-refractivity contribution in [2.45, 2.75) is 37.5 Å². The van der Waals surface area contributed by atoms with E-state index in [1.165, 1.54) is 30.2 Å². The highest BCUT2D eigenvalue weighted by Crippen LogP contribution is 2.41. The van der Waals surface area contributed by atoms with E-state index in [1.54, 1.807) is 0 Å². The fourth-order valence-corrected chi connectivity index (χ4v) is 5.09. The maximum absolute atomic E-state index is 12.5. The first kappa shape index (κ1) is 14.2. The Hall–Kier alpha value is -1.42. The Balaban J connectivity index is 2.01. The van der Waals surface area contributed by atoms with Crippen LogP contribution in [0.15, 0.2) is 21.5 Å². The molecule has 0 radical (unpaired) electrons. The molecule has 1 aliphatic heterocycles. The summed E-state index contributed by atoms with van der Waals surface area (Å²) in [5.74, 6) is 1.13. The first-order valence-electron chi connectivity index (χ1n) is 8.02. The molecule has 1 heterocycles. The van der Waals surface area contributed by atoms with E-state index in [0.717, 1.165) is 29.5 Å². The second-order valence-corrected chi connectivity index (χ2v) is 9.05. The van der Waals surface area contributed by atoms with Gasteiger partial charge < -0.3 is 0 Å². The quantitative estimate of drug-likeness (QED) is 0.842. The van der Waals surface area contributed by atoms with Gasteiger partial charge >= 0.3 is 0 Å². The molecular formula is C18H21NO2S. The molecular weight excluding hydrogens is 294 g/mol. The number of fused-ring (bicyclic) bond motifs is 2. The van der Waals surface area contributed by atoms with Crippen LogP contribution in [0.2, 0.25) is 0 Å². The molecule has 116 valence electrons. The van der Waals surface area contributed by atoms with E-state index in [-0.39, 0.29) is 0 Å². The Labute approximate surface area is 132 Å². The lowest BCUT2D eigenvalue weighted by Crippen LogP contribution is -2.08. The van der Waals surface area contributed by atoms with Crippen molar-refractivity contribution in [2.24, 2.45) is 16.8 Å². The Morgan fingerprint density at radius 3 is 2.68 bits per heavy atom. The molecule has 22 heavy (non-hydrogen) atoms. The van der Waals surface area contributed by atoms with Crippen LogP contribution >= 0.6 is 0 Å². The first-order valence-corrected chi connectivity index (χ1v) is 9.91. The lowest BCUT2D eigenvalue weighted by molar-refractivity contribution is 0.598. The molecule has 0 spiro atoms. The second kappa shape index (κ2) is 4.79. The van der Waals surface area contributed by atoms with Gasteiger partial charge in [-0.2, -0.15) is 0 Å². The van der Waals surface area contributed by atoms with Gasteiger partial charge in [0.25, 0.3) is 0 Å². The summed E-state index contributed by atoms with van der Waals surface area (Å²) in [7, 11) is -3.24. The van der Waals surface area contributed by atoms with Gasteiger partial charge in [-0.05, 0) is 60.3 Å². The highest BCUT2D eigenvalue weighted by molar-refractivity contribution is 7.90. The third kappa shape index (κ3) is 2.34. The van der Waals surface area contributed by atoms with Crippen LogP contribution in [0.1, 0.15) is 42.0 Å². The Morgan fingerprint density at radius 1 is 1.23 bits per heavy atom. The van der Waals surface area contributed by atoms with Crippen molar-refractivity contribution < 1.29 is 8.42 Å². The third-order valence-electron chi connectivity index (χ3n) is 4.97. The molecule has 1 aromatic rings. The largest absolute Gasteiger partial charge is 0.288 e. The number of hydrogen-bond donors (Lipinski definition) is 0. The minimum Gasteiger partial charge on any atom is -0.288 e. The predicted octanol–water partition coefficient (Wildman–Crippen LogP) is 3.05. The van der Waals surface area contributed by atoms with Crippen molar-refractivity contribution >= 4 is 22.1 Å². The van der Waals surface area contributed by atoms with E-state index in [2.05, 4.69) is 24.1 Å². The predicted molar refractivity (Wildman–Crippen MR) is 89.3 cm³/mol. The number of aliphatic imine (C=N–C) groups is 1. The summed E-state index contributed by atoms with van der Waals surface area (Å²) in [6.45, 7) is 2.90. The molecule has 0 bridgehead atoms. The average Bonchev–Trinajstić information content (AvgIpc) is 3.19. The maximum Gasteiger partial charge on any atom is 0.176 e. The molecule has 0 amide bonds. The van der Waals surface area contributed by atoms with Gasteiger partial charge in [0.05, 0.1) is 11.4 Å². The van der Waals surface area contributed by atoms with Gasteiger partial charge in [0.1, 0.15) is 0 Å². The monoisotopic (exact) mass is 315 g/mol. The van der Waals surface area contributed by atoms with Crippen molar-refractivity contribution in [2.75, 3.05) is 12.8 Å². The van der Waals surface area contributed by atoms with Crippen LogP contribution in [0, 0.1) is 11.8 Å². The molecule has 2 aliphatic carbocycles. The summed E-state index contributed by atoms with van der Waals surface area (Å²) in [4.78, 5) is 5.10. The first-order chi connectivity index (χ1) is 10.4. The van der Waals surface area contributed by atoms with Crippen molar-refractivity contribution in [3.8, 4) is 0 Å². The molecule has 0 saturated heterocycles. The smallest absolute Gasteiger partial charge is 0.176 e. The van der Waals surface area contributed by atoms with Gasteiger partial charge in [-0.15, -0.1) is 0 Å². The summed E-state index contributed by atoms with van der Waals surface area (Å²) in [6.07, 6.45) is 9.62. The lowest BCUT2D eigenvalue weighted by Gasteiger charge is -2.14. The summed E-state index contributed by atoms with van der Waals surface area (Å²) in [5, 5.41) is 0. The van der Waals surface area contributed by atoms with Crippen LogP contribution < -0.4 is 0 Å². The third-order valence-corrected chi connectivity index (χ3v) is 6.18. The summed E-state index contributed by atoms with van der Waals surface area (Å²) in [5.41, 5.74) is 5.41. The Morgan fingerprint density at radius 2 is 2.00 bits per heavy atom. The van der Waals surface area contributed by atoms with Gasteiger partial charge in [-0.1, -0.05) is 13.0 Å². The fraction of sp³-hybridized carbons (Fsp3) is 0.500. The van der Waals surface area contributed by atoms with E-state index >= 15 is 0 Å². The summed E-state index contributed by atoms with van der Waals surface area (Å²) >= 11 is 0. The highest BCUT2D eigenvalue weighted by atomic mass is 32.2. The zero-order valence-corrected chi connectivity index (χ0v) is 13.9. The lowest BCUT2D eigenvalue weighted by atomic mass is 9.98. The zero-order chi connectivity index (χ0) is 15.5. The zero-order valence-electron chi connectivity index (χ0n) is 13.1. The average molecular weight is 315 g/mol. The van der Waals surface area contributed by atoms with Gasteiger partial charge in [0, 0.05) is 23.6 Å². The molecule has 1 aromatic carbocycles. The standard InChI is InChI=1S/C18H21NO2S/c1-11-5-13-7-15-10-19-9-14(12-3-4-12)8-17(15)18(16(13)6-11)22(2,20)21/h7-8,10-12H,3-6,9H2,1-2H3. The van der Waals surface area contributed by atoms with E-state index in [0.29, 0.717) is 23.3 Å². The molecule has 4 heteroatoms. The van der Waals surface area contributed by atoms with Crippen molar-refractivity contribution in [3.05, 3.63) is 33.9 Å². The van der Waals surface area contributed by atoms with Crippen LogP contribution in [-0.4, -0.2) is 27.4 Å². The second-order valence-electron chi connectivity index (χ2n) is 7.10. The SMILES string of the molecule is CC1Cc2cc3c(c(S(C)(=O)=O)c2C1)C=C(C1CC1)CN=C3. The van der Waals surface area contributed by atoms with Crippen LogP contribution in [0.5, 0.6) is 0 Å². The van der Waals surface area contributed by atoms with E-state index in [9.17, 15) is 8.42 Å². The molecule has 1 atom stereocenters. The Kier molecular flexibility index (Phi) is 3.09. The molecule has 3 nitrogen and oxygen atoms in total. The molecule has 0 aromatic heterocycles. The van der Waals surface area contributed by atoms with E-state index in [1.807, 2.05) is 6.21 Å². The van der Waals surface area contributed by atoms with Gasteiger partial charge in [-0.3, -0.25) is 4.99 Å². The van der Waals surface area contributed by atoms with Gasteiger partial charge in [0.2, 0.25) is 0 Å². The number of nitrogens with zero attached hydrogens (tertiary/aromatic N) is 1. The van der Waals surface area contributed by atoms with Crippen molar-refractivity contribution in [1.29, 1.82) is 0 Å². The summed E-state index contributed by atoms with van der Waals surface area (Å²) < 4.78 is 25.0. The minimum absolute atomic E-state index is 0.519. The van der Waals surface area contributed by atoms with E-state index in [4.69, 9.17) is 0 Å². The van der Waals surface area contributed by atoms with Crippen molar-refractivity contribution in [3.63, 3.8) is 0 Å². The topological polar surface area (TPSA) is 46.5 Å². The number of rotatable bonds is 2. The maximum atomic E-state index is 12.5. The summed E-state index contributed by atoms with van der Waals surface area (Å²) in [6, 6.07) is 2.17. The molecule has 3 aliphatic rings. The van der Waals surface area contributed by atoms with E-state index < -0.39 is 9.84 Å². The van der Waals surface area contributed by atoms with Crippen LogP contribution in [0.4, 0.5) is 0 Å². The molecule has 1 unspecified atom stereocenters. The molecule has 1 fully saturated rings. The van der Waals surface area contributed by atoms with Crippen LogP contribution in [0.25, 0.3) is 6.08 Å². The molecule has 4 rings (SSSR count). The number of hydrogen-bond acceptors (Lipinski definition) is 3.